The van der Waals surface area contributed by atoms with Crippen LogP contribution in [0.5, 0.6) is 0 Å². The van der Waals surface area contributed by atoms with Gasteiger partial charge in [0.1, 0.15) is 17.7 Å². The molecule has 0 unspecified atom stereocenters. The average molecular weight is 395 g/mol. The zero-order chi connectivity index (χ0) is 20.8. The molecule has 0 aliphatic carbocycles. The van der Waals surface area contributed by atoms with Gasteiger partial charge in [-0.1, -0.05) is 66.7 Å². The van der Waals surface area contributed by atoms with Crippen LogP contribution >= 0.6 is 0 Å². The molecule has 4 nitrogen and oxygen atoms in total. The molecule has 29 heavy (non-hydrogen) atoms. The number of nitrogens with one attached hydrogen (secondary N) is 1. The molecule has 2 N–H and O–H groups in total. The van der Waals surface area contributed by atoms with Crippen molar-refractivity contribution in [1.82, 2.24) is 5.32 Å². The van der Waals surface area contributed by atoms with E-state index in [4.69, 9.17) is 0 Å². The SMILES string of the molecule is O=C(Cc1ccc(F)cc1F)N[C@H](C(=O)O)C(c1ccccc1)c1ccccc1. The molecule has 0 aromatic heterocycles. The quantitative estimate of drug-likeness (QED) is 0.638. The Morgan fingerprint density at radius 3 is 1.90 bits per heavy atom. The molecule has 0 spiro atoms. The van der Waals surface area contributed by atoms with Gasteiger partial charge in [-0.2, -0.15) is 0 Å². The van der Waals surface area contributed by atoms with Gasteiger partial charge in [-0.15, -0.1) is 0 Å². The molecule has 1 amide bonds. The minimum Gasteiger partial charge on any atom is -0.480 e. The Kier molecular flexibility index (Phi) is 6.34. The summed E-state index contributed by atoms with van der Waals surface area (Å²) in [6, 6.07) is 19.6. The van der Waals surface area contributed by atoms with Gasteiger partial charge < -0.3 is 10.4 Å². The summed E-state index contributed by atoms with van der Waals surface area (Å²) in [7, 11) is 0. The minimum absolute atomic E-state index is 0.0102. The van der Waals surface area contributed by atoms with Gasteiger partial charge in [0.25, 0.3) is 0 Å². The predicted octanol–water partition coefficient (Wildman–Crippen LogP) is 3.91. The van der Waals surface area contributed by atoms with Gasteiger partial charge in [-0.3, -0.25) is 4.79 Å². The van der Waals surface area contributed by atoms with Crippen molar-refractivity contribution in [3.8, 4) is 0 Å². The fourth-order valence-electron chi connectivity index (χ4n) is 3.25. The highest BCUT2D eigenvalue weighted by atomic mass is 19.1. The lowest BCUT2D eigenvalue weighted by Crippen LogP contribution is -2.46. The molecular weight excluding hydrogens is 376 g/mol. The molecule has 3 aromatic rings. The molecule has 3 rings (SSSR count). The van der Waals surface area contributed by atoms with Crippen molar-refractivity contribution in [2.45, 2.75) is 18.4 Å². The third kappa shape index (κ3) is 5.04. The number of carbonyl (C=O) groups excluding carboxylic acids is 1. The molecule has 3 aromatic carbocycles. The standard InChI is InChI=1S/C23H19F2NO3/c24-18-12-11-17(19(25)14-18)13-20(27)26-22(23(28)29)21(15-7-3-1-4-8-15)16-9-5-2-6-10-16/h1-12,14,21-22H,13H2,(H,26,27)(H,28,29)/t22-/m0/s1. The van der Waals surface area contributed by atoms with Crippen LogP contribution in [0.25, 0.3) is 0 Å². The number of hydrogen-bond donors (Lipinski definition) is 2. The van der Waals surface area contributed by atoms with E-state index in [0.29, 0.717) is 6.07 Å². The van der Waals surface area contributed by atoms with Crippen molar-refractivity contribution in [2.75, 3.05) is 0 Å². The maximum atomic E-state index is 13.9. The van der Waals surface area contributed by atoms with Crippen molar-refractivity contribution in [2.24, 2.45) is 0 Å². The van der Waals surface area contributed by atoms with Gasteiger partial charge in [0.05, 0.1) is 6.42 Å². The molecule has 1 atom stereocenters. The van der Waals surface area contributed by atoms with Crippen LogP contribution in [0.15, 0.2) is 78.9 Å². The average Bonchev–Trinajstić information content (AvgIpc) is 2.71. The maximum absolute atomic E-state index is 13.9. The molecule has 0 aliphatic heterocycles. The summed E-state index contributed by atoms with van der Waals surface area (Å²) in [5.74, 6) is -4.12. The van der Waals surface area contributed by atoms with E-state index in [0.717, 1.165) is 17.2 Å². The Labute approximate surface area is 166 Å². The largest absolute Gasteiger partial charge is 0.480 e. The summed E-state index contributed by atoms with van der Waals surface area (Å²) in [5.41, 5.74) is 1.43. The lowest BCUT2D eigenvalue weighted by atomic mass is 9.85. The maximum Gasteiger partial charge on any atom is 0.327 e. The molecule has 0 heterocycles. The van der Waals surface area contributed by atoms with Crippen LogP contribution in [0.1, 0.15) is 22.6 Å². The second kappa shape index (κ2) is 9.10. The van der Waals surface area contributed by atoms with Crippen LogP contribution in [0.4, 0.5) is 8.78 Å². The van der Waals surface area contributed by atoms with Gasteiger partial charge in [0.15, 0.2) is 0 Å². The Hall–Kier alpha value is -3.54. The number of aliphatic carboxylic acids is 1. The summed E-state index contributed by atoms with van der Waals surface area (Å²) in [6.45, 7) is 0. The first-order valence-electron chi connectivity index (χ1n) is 9.01. The number of halogens is 2. The molecular formula is C23H19F2NO3. The summed E-state index contributed by atoms with van der Waals surface area (Å²) in [5, 5.41) is 12.3. The summed E-state index contributed by atoms with van der Waals surface area (Å²) < 4.78 is 26.9. The first kappa shape index (κ1) is 20.2. The fourth-order valence-corrected chi connectivity index (χ4v) is 3.25. The van der Waals surface area contributed by atoms with Gasteiger partial charge in [0.2, 0.25) is 5.91 Å². The minimum atomic E-state index is -1.27. The van der Waals surface area contributed by atoms with Gasteiger partial charge in [0, 0.05) is 12.0 Å². The summed E-state index contributed by atoms with van der Waals surface area (Å²) in [4.78, 5) is 24.5. The van der Waals surface area contributed by atoms with Crippen molar-refractivity contribution < 1.29 is 23.5 Å². The highest BCUT2D eigenvalue weighted by Crippen LogP contribution is 2.28. The highest BCUT2D eigenvalue weighted by molar-refractivity contribution is 5.86. The number of benzene rings is 3. The van der Waals surface area contributed by atoms with Gasteiger partial charge >= 0.3 is 5.97 Å². The lowest BCUT2D eigenvalue weighted by molar-refractivity contribution is -0.142. The van der Waals surface area contributed by atoms with E-state index < -0.39 is 41.9 Å². The number of rotatable bonds is 7. The molecule has 0 fully saturated rings. The Morgan fingerprint density at radius 2 is 1.41 bits per heavy atom. The normalized spacial score (nSPS) is 11.8. The first-order valence-corrected chi connectivity index (χ1v) is 9.01. The van der Waals surface area contributed by atoms with E-state index in [1.54, 1.807) is 48.5 Å². The molecule has 0 aliphatic rings. The smallest absolute Gasteiger partial charge is 0.327 e. The number of carboxylic acid groups (broad SMARTS) is 1. The van der Waals surface area contributed by atoms with Crippen LogP contribution in [0.3, 0.4) is 0 Å². The van der Waals surface area contributed by atoms with E-state index in [1.165, 1.54) is 6.07 Å². The van der Waals surface area contributed by atoms with Crippen molar-refractivity contribution in [3.63, 3.8) is 0 Å². The second-order valence-electron chi connectivity index (χ2n) is 6.59. The fraction of sp³-hybridized carbons (Fsp3) is 0.130. The van der Waals surface area contributed by atoms with Crippen LogP contribution in [-0.4, -0.2) is 23.0 Å². The number of amides is 1. The third-order valence-electron chi connectivity index (χ3n) is 4.60. The van der Waals surface area contributed by atoms with E-state index in [-0.39, 0.29) is 5.56 Å². The summed E-state index contributed by atoms with van der Waals surface area (Å²) in [6.07, 6.45) is -0.397. The van der Waals surface area contributed by atoms with Crippen LogP contribution < -0.4 is 5.32 Å². The van der Waals surface area contributed by atoms with Gasteiger partial charge in [-0.25, -0.2) is 13.6 Å². The number of carboxylic acids is 1. The molecule has 6 heteroatoms. The van der Waals surface area contributed by atoms with Crippen LogP contribution in [-0.2, 0) is 16.0 Å². The lowest BCUT2D eigenvalue weighted by Gasteiger charge is -2.26. The van der Waals surface area contributed by atoms with Crippen LogP contribution in [0, 0.1) is 11.6 Å². The summed E-state index contributed by atoms with van der Waals surface area (Å²) >= 11 is 0. The zero-order valence-electron chi connectivity index (χ0n) is 15.4. The molecule has 0 bridgehead atoms. The zero-order valence-corrected chi connectivity index (χ0v) is 15.4. The van der Waals surface area contributed by atoms with E-state index in [1.807, 2.05) is 12.1 Å². The van der Waals surface area contributed by atoms with Crippen molar-refractivity contribution >= 4 is 11.9 Å². The van der Waals surface area contributed by atoms with E-state index in [2.05, 4.69) is 5.32 Å². The van der Waals surface area contributed by atoms with E-state index in [9.17, 15) is 23.5 Å². The topological polar surface area (TPSA) is 66.4 Å². The second-order valence-corrected chi connectivity index (χ2v) is 6.59. The number of carbonyl (C=O) groups is 2. The Balaban J connectivity index is 1.89. The van der Waals surface area contributed by atoms with Crippen molar-refractivity contribution in [1.29, 1.82) is 0 Å². The highest BCUT2D eigenvalue weighted by Gasteiger charge is 2.32. The van der Waals surface area contributed by atoms with E-state index >= 15 is 0 Å². The molecule has 0 radical (unpaired) electrons. The van der Waals surface area contributed by atoms with Gasteiger partial charge in [-0.05, 0) is 22.8 Å². The monoisotopic (exact) mass is 395 g/mol. The first-order chi connectivity index (χ1) is 14.0. The molecule has 0 saturated heterocycles. The molecule has 0 saturated carbocycles. The number of hydrogen-bond acceptors (Lipinski definition) is 2. The third-order valence-corrected chi connectivity index (χ3v) is 4.60. The van der Waals surface area contributed by atoms with Crippen molar-refractivity contribution in [3.05, 3.63) is 107 Å². The van der Waals surface area contributed by atoms with Crippen LogP contribution in [0.2, 0.25) is 0 Å². The Bertz CT molecular complexity index is 954. The Morgan fingerprint density at radius 1 is 0.862 bits per heavy atom. The molecule has 148 valence electrons. The predicted molar refractivity (Wildman–Crippen MR) is 104 cm³/mol.